The molecule has 0 amide bonds. The summed E-state index contributed by atoms with van der Waals surface area (Å²) in [6, 6.07) is 2.70. The molecule has 1 aliphatic carbocycles. The number of ether oxygens (including phenoxy) is 1. The van der Waals surface area contributed by atoms with Gasteiger partial charge < -0.3 is 21.1 Å². The Morgan fingerprint density at radius 3 is 2.60 bits per heavy atom. The van der Waals surface area contributed by atoms with Crippen molar-refractivity contribution in [2.24, 2.45) is 11.7 Å². The van der Waals surface area contributed by atoms with Crippen LogP contribution in [0.4, 0.5) is 11.6 Å². The van der Waals surface area contributed by atoms with Gasteiger partial charge in [-0.3, -0.25) is 4.98 Å². The van der Waals surface area contributed by atoms with Gasteiger partial charge >= 0.3 is 0 Å². The summed E-state index contributed by atoms with van der Waals surface area (Å²) in [7, 11) is 0. The number of aromatic nitrogens is 3. The highest BCUT2D eigenvalue weighted by atomic mass is 35.5. The summed E-state index contributed by atoms with van der Waals surface area (Å²) in [6.45, 7) is 4.51. The number of nitrogens with two attached hydrogens (primary N) is 1. The standard InChI is InChI=1S/C22H31ClN6O/c1-14-22(29-21(13-25-14)26-11-15-6-8-30-9-7-15)18-10-20(27-12-19(18)23)28-17-4-2-16(24)3-5-17/h10,12-13,15-17H,2-9,11,24H2,1H3,(H,26,29)(H,27,28). The third-order valence-electron chi connectivity index (χ3n) is 6.10. The van der Waals surface area contributed by atoms with Gasteiger partial charge in [-0.15, -0.1) is 0 Å². The molecule has 0 bridgehead atoms. The molecule has 0 radical (unpaired) electrons. The Morgan fingerprint density at radius 2 is 1.83 bits per heavy atom. The summed E-state index contributed by atoms with van der Waals surface area (Å²) < 4.78 is 5.44. The first-order valence-electron chi connectivity index (χ1n) is 10.9. The summed E-state index contributed by atoms with van der Waals surface area (Å²) in [5, 5.41) is 7.55. The fourth-order valence-corrected chi connectivity index (χ4v) is 4.35. The van der Waals surface area contributed by atoms with Gasteiger partial charge in [0.05, 0.1) is 22.6 Å². The van der Waals surface area contributed by atoms with Gasteiger partial charge in [-0.2, -0.15) is 0 Å². The summed E-state index contributed by atoms with van der Waals surface area (Å²) in [4.78, 5) is 13.9. The first kappa shape index (κ1) is 21.3. The Balaban J connectivity index is 1.49. The molecular formula is C22H31ClN6O. The van der Waals surface area contributed by atoms with Crippen molar-refractivity contribution in [3.05, 3.63) is 29.2 Å². The average molecular weight is 431 g/mol. The van der Waals surface area contributed by atoms with Crippen molar-refractivity contribution in [3.63, 3.8) is 0 Å². The lowest BCUT2D eigenvalue weighted by atomic mass is 9.92. The van der Waals surface area contributed by atoms with Gasteiger partial charge in [0.2, 0.25) is 0 Å². The second-order valence-electron chi connectivity index (χ2n) is 8.43. The van der Waals surface area contributed by atoms with Crippen LogP contribution >= 0.6 is 11.6 Å². The number of hydrogen-bond donors (Lipinski definition) is 3. The van der Waals surface area contributed by atoms with E-state index in [1.807, 2.05) is 13.0 Å². The molecule has 8 heteroatoms. The maximum Gasteiger partial charge on any atom is 0.145 e. The Kier molecular flexibility index (Phi) is 7.02. The fourth-order valence-electron chi connectivity index (χ4n) is 4.16. The number of pyridine rings is 1. The van der Waals surface area contributed by atoms with Gasteiger partial charge in [0.1, 0.15) is 11.6 Å². The molecule has 4 rings (SSSR count). The Bertz CT molecular complexity index is 850. The van der Waals surface area contributed by atoms with Crippen LogP contribution in [0.15, 0.2) is 18.5 Å². The van der Waals surface area contributed by atoms with Crippen LogP contribution in [0.2, 0.25) is 5.02 Å². The number of anilines is 2. The normalized spacial score (nSPS) is 22.6. The summed E-state index contributed by atoms with van der Waals surface area (Å²) in [5.41, 5.74) is 8.50. The van der Waals surface area contributed by atoms with Crippen LogP contribution in [-0.2, 0) is 4.74 Å². The van der Waals surface area contributed by atoms with Crippen molar-refractivity contribution in [2.75, 3.05) is 30.4 Å². The van der Waals surface area contributed by atoms with Gasteiger partial charge in [0.25, 0.3) is 0 Å². The second kappa shape index (κ2) is 9.90. The van der Waals surface area contributed by atoms with Crippen LogP contribution in [0, 0.1) is 12.8 Å². The van der Waals surface area contributed by atoms with E-state index in [4.69, 9.17) is 27.1 Å². The molecule has 30 heavy (non-hydrogen) atoms. The van der Waals surface area contributed by atoms with Crippen LogP contribution < -0.4 is 16.4 Å². The van der Waals surface area contributed by atoms with Crippen molar-refractivity contribution in [2.45, 2.75) is 57.5 Å². The molecule has 0 atom stereocenters. The molecule has 4 N–H and O–H groups in total. The Morgan fingerprint density at radius 1 is 1.07 bits per heavy atom. The second-order valence-corrected chi connectivity index (χ2v) is 8.84. The van der Waals surface area contributed by atoms with Crippen LogP contribution in [-0.4, -0.2) is 46.8 Å². The summed E-state index contributed by atoms with van der Waals surface area (Å²) in [5.74, 6) is 2.19. The van der Waals surface area contributed by atoms with Crippen molar-refractivity contribution in [1.82, 2.24) is 15.0 Å². The average Bonchev–Trinajstić information content (AvgIpc) is 2.77. The predicted octanol–water partition coefficient (Wildman–Crippen LogP) is 4.02. The fraction of sp³-hybridized carbons (Fsp3) is 0.591. The minimum Gasteiger partial charge on any atom is -0.381 e. The first-order valence-corrected chi connectivity index (χ1v) is 11.3. The molecule has 2 aromatic heterocycles. The van der Waals surface area contributed by atoms with Crippen LogP contribution in [0.25, 0.3) is 11.3 Å². The zero-order valence-electron chi connectivity index (χ0n) is 17.5. The maximum atomic E-state index is 6.51. The van der Waals surface area contributed by atoms with Crippen molar-refractivity contribution < 1.29 is 4.74 Å². The third kappa shape index (κ3) is 5.39. The molecule has 1 aliphatic heterocycles. The highest BCUT2D eigenvalue weighted by molar-refractivity contribution is 6.33. The Hall–Kier alpha value is -1.96. The van der Waals surface area contributed by atoms with E-state index in [0.29, 0.717) is 23.0 Å². The molecule has 162 valence electrons. The molecule has 0 unspecified atom stereocenters. The summed E-state index contributed by atoms with van der Waals surface area (Å²) >= 11 is 6.51. The third-order valence-corrected chi connectivity index (χ3v) is 6.40. The van der Waals surface area contributed by atoms with E-state index >= 15 is 0 Å². The van der Waals surface area contributed by atoms with Crippen molar-refractivity contribution >= 4 is 23.2 Å². The van der Waals surface area contributed by atoms with Crippen LogP contribution in [0.1, 0.15) is 44.2 Å². The molecule has 0 spiro atoms. The van der Waals surface area contributed by atoms with E-state index < -0.39 is 0 Å². The number of nitrogens with zero attached hydrogens (tertiary/aromatic N) is 3. The number of hydrogen-bond acceptors (Lipinski definition) is 7. The quantitative estimate of drug-likeness (QED) is 0.636. The molecule has 7 nitrogen and oxygen atoms in total. The lowest BCUT2D eigenvalue weighted by Crippen LogP contribution is -2.33. The molecule has 1 saturated carbocycles. The predicted molar refractivity (Wildman–Crippen MR) is 121 cm³/mol. The van der Waals surface area contributed by atoms with E-state index in [-0.39, 0.29) is 0 Å². The Labute approximate surface area is 183 Å². The van der Waals surface area contributed by atoms with Crippen molar-refractivity contribution in [1.29, 1.82) is 0 Å². The molecule has 2 aromatic rings. The molecule has 0 aromatic carbocycles. The van der Waals surface area contributed by atoms with Crippen LogP contribution in [0.3, 0.4) is 0 Å². The zero-order valence-corrected chi connectivity index (χ0v) is 18.3. The van der Waals surface area contributed by atoms with E-state index in [2.05, 4.69) is 20.6 Å². The van der Waals surface area contributed by atoms with Gasteiger partial charge in [-0.05, 0) is 57.4 Å². The van der Waals surface area contributed by atoms with Gasteiger partial charge in [0, 0.05) is 43.6 Å². The zero-order chi connectivity index (χ0) is 20.9. The smallest absolute Gasteiger partial charge is 0.145 e. The monoisotopic (exact) mass is 430 g/mol. The van der Waals surface area contributed by atoms with Crippen LogP contribution in [0.5, 0.6) is 0 Å². The van der Waals surface area contributed by atoms with E-state index in [1.165, 1.54) is 0 Å². The molecule has 2 aliphatic rings. The molecular weight excluding hydrogens is 400 g/mol. The largest absolute Gasteiger partial charge is 0.381 e. The lowest BCUT2D eigenvalue weighted by molar-refractivity contribution is 0.0699. The number of halogens is 1. The lowest BCUT2D eigenvalue weighted by Gasteiger charge is -2.27. The highest BCUT2D eigenvalue weighted by Crippen LogP contribution is 2.31. The van der Waals surface area contributed by atoms with Crippen molar-refractivity contribution in [3.8, 4) is 11.3 Å². The van der Waals surface area contributed by atoms with E-state index in [9.17, 15) is 0 Å². The number of aryl methyl sites for hydroxylation is 1. The number of nitrogens with one attached hydrogen (secondary N) is 2. The van der Waals surface area contributed by atoms with Gasteiger partial charge in [-0.25, -0.2) is 9.97 Å². The maximum absolute atomic E-state index is 6.51. The summed E-state index contributed by atoms with van der Waals surface area (Å²) in [6.07, 6.45) is 9.85. The van der Waals surface area contributed by atoms with E-state index in [0.717, 1.165) is 86.9 Å². The highest BCUT2D eigenvalue weighted by Gasteiger charge is 2.20. The minimum atomic E-state index is 0.325. The first-order chi connectivity index (χ1) is 14.6. The van der Waals surface area contributed by atoms with E-state index in [1.54, 1.807) is 12.4 Å². The minimum absolute atomic E-state index is 0.325. The molecule has 2 fully saturated rings. The molecule has 3 heterocycles. The van der Waals surface area contributed by atoms with Gasteiger partial charge in [-0.1, -0.05) is 11.6 Å². The van der Waals surface area contributed by atoms with Gasteiger partial charge in [0.15, 0.2) is 0 Å². The SMILES string of the molecule is Cc1ncc(NCC2CCOCC2)nc1-c1cc(NC2CCC(N)CC2)ncc1Cl. The topological polar surface area (TPSA) is 98.0 Å². The molecule has 1 saturated heterocycles. The number of rotatable bonds is 6.